The molecule has 0 unspecified atom stereocenters. The lowest BCUT2D eigenvalue weighted by atomic mass is 9.98. The summed E-state index contributed by atoms with van der Waals surface area (Å²) >= 11 is 0. The van der Waals surface area contributed by atoms with Gasteiger partial charge < -0.3 is 15.2 Å². The second-order valence-corrected chi connectivity index (χ2v) is 7.89. The molecule has 2 fully saturated rings. The van der Waals surface area contributed by atoms with Crippen molar-refractivity contribution in [3.05, 3.63) is 71.9 Å². The summed E-state index contributed by atoms with van der Waals surface area (Å²) in [5, 5.41) is 4.08. The van der Waals surface area contributed by atoms with Crippen LogP contribution in [-0.2, 0) is 22.6 Å². The van der Waals surface area contributed by atoms with Gasteiger partial charge in [0.15, 0.2) is 0 Å². The van der Waals surface area contributed by atoms with E-state index in [2.05, 4.69) is 27.3 Å². The van der Waals surface area contributed by atoms with Gasteiger partial charge in [0.25, 0.3) is 0 Å². The standard InChI is InChI=1S/C23H24N4O2/c28-22-21-15-26(14-16-6-2-1-3-7-16)10-11-27(21)23(29)20(25-22)12-17-13-24-19-9-5-4-8-18(17)19/h1-9,13,20-21,24H,10-12,14-15H2,(H,25,28)/t20-,21+/m0/s1. The van der Waals surface area contributed by atoms with E-state index in [4.69, 9.17) is 0 Å². The highest BCUT2D eigenvalue weighted by Crippen LogP contribution is 2.23. The zero-order valence-corrected chi connectivity index (χ0v) is 16.2. The highest BCUT2D eigenvalue weighted by Gasteiger charge is 2.43. The quantitative estimate of drug-likeness (QED) is 0.718. The van der Waals surface area contributed by atoms with Crippen LogP contribution in [0.5, 0.6) is 0 Å². The van der Waals surface area contributed by atoms with Gasteiger partial charge in [-0.2, -0.15) is 0 Å². The average molecular weight is 388 g/mol. The van der Waals surface area contributed by atoms with Gasteiger partial charge in [0, 0.05) is 49.7 Å². The number of nitrogens with zero attached hydrogens (tertiary/aromatic N) is 2. The van der Waals surface area contributed by atoms with Crippen molar-refractivity contribution in [3.63, 3.8) is 0 Å². The lowest BCUT2D eigenvalue weighted by Crippen LogP contribution is -2.69. The number of aromatic amines is 1. The number of nitrogens with one attached hydrogen (secondary N) is 2. The third kappa shape index (κ3) is 3.40. The van der Waals surface area contributed by atoms with Gasteiger partial charge in [-0.25, -0.2) is 0 Å². The average Bonchev–Trinajstić information content (AvgIpc) is 3.15. The molecule has 1 aromatic heterocycles. The molecule has 2 aromatic carbocycles. The fraction of sp³-hybridized carbons (Fsp3) is 0.304. The van der Waals surface area contributed by atoms with E-state index in [-0.39, 0.29) is 11.8 Å². The first-order valence-corrected chi connectivity index (χ1v) is 10.1. The molecule has 6 heteroatoms. The van der Waals surface area contributed by atoms with Crippen LogP contribution in [0.1, 0.15) is 11.1 Å². The van der Waals surface area contributed by atoms with Gasteiger partial charge in [0.1, 0.15) is 12.1 Å². The fourth-order valence-electron chi connectivity index (χ4n) is 4.50. The first-order chi connectivity index (χ1) is 14.2. The van der Waals surface area contributed by atoms with Crippen molar-refractivity contribution >= 4 is 22.7 Å². The number of benzene rings is 2. The number of fused-ring (bicyclic) bond motifs is 2. The number of hydrogen-bond donors (Lipinski definition) is 2. The third-order valence-corrected chi connectivity index (χ3v) is 6.01. The van der Waals surface area contributed by atoms with E-state index in [9.17, 15) is 9.59 Å². The number of carbonyl (C=O) groups is 2. The van der Waals surface area contributed by atoms with Crippen LogP contribution < -0.4 is 5.32 Å². The number of carbonyl (C=O) groups excluding carboxylic acids is 2. The molecule has 0 radical (unpaired) electrons. The van der Waals surface area contributed by atoms with Gasteiger partial charge in [-0.1, -0.05) is 48.5 Å². The first-order valence-electron chi connectivity index (χ1n) is 10.1. The van der Waals surface area contributed by atoms with E-state index in [1.165, 1.54) is 5.56 Å². The molecule has 29 heavy (non-hydrogen) atoms. The fourth-order valence-corrected chi connectivity index (χ4v) is 4.50. The molecule has 2 aliphatic heterocycles. The van der Waals surface area contributed by atoms with Gasteiger partial charge in [0.05, 0.1) is 0 Å². The van der Waals surface area contributed by atoms with Crippen LogP contribution in [0.25, 0.3) is 10.9 Å². The Morgan fingerprint density at radius 2 is 1.76 bits per heavy atom. The summed E-state index contributed by atoms with van der Waals surface area (Å²) in [6, 6.07) is 17.4. The van der Waals surface area contributed by atoms with Crippen molar-refractivity contribution in [2.75, 3.05) is 19.6 Å². The largest absolute Gasteiger partial charge is 0.361 e. The highest BCUT2D eigenvalue weighted by atomic mass is 16.2. The molecule has 0 saturated carbocycles. The number of H-pyrrole nitrogens is 1. The Bertz CT molecular complexity index is 1050. The molecule has 2 N–H and O–H groups in total. The second-order valence-electron chi connectivity index (χ2n) is 7.89. The SMILES string of the molecule is O=C1N[C@@H](Cc2c[nH]c3ccccc23)C(=O)N2CCN(Cc3ccccc3)C[C@H]12. The molecule has 2 atom stereocenters. The summed E-state index contributed by atoms with van der Waals surface area (Å²) in [4.78, 5) is 33.2. The molecule has 2 aliphatic rings. The molecule has 2 saturated heterocycles. The molecule has 5 rings (SSSR count). The van der Waals surface area contributed by atoms with E-state index in [0.717, 1.165) is 29.6 Å². The predicted octanol–water partition coefficient (Wildman–Crippen LogP) is 1.92. The Morgan fingerprint density at radius 1 is 0.966 bits per heavy atom. The second kappa shape index (κ2) is 7.37. The zero-order valence-electron chi connectivity index (χ0n) is 16.2. The maximum Gasteiger partial charge on any atom is 0.246 e. The molecular weight excluding hydrogens is 364 g/mol. The summed E-state index contributed by atoms with van der Waals surface area (Å²) in [6.45, 7) is 2.75. The Hall–Kier alpha value is -3.12. The molecule has 0 spiro atoms. The van der Waals surface area contributed by atoms with Gasteiger partial charge in [-0.15, -0.1) is 0 Å². The van der Waals surface area contributed by atoms with Crippen molar-refractivity contribution in [1.29, 1.82) is 0 Å². The van der Waals surface area contributed by atoms with Crippen LogP contribution in [-0.4, -0.2) is 58.3 Å². The van der Waals surface area contributed by atoms with Crippen molar-refractivity contribution in [2.24, 2.45) is 0 Å². The number of para-hydroxylation sites is 1. The van der Waals surface area contributed by atoms with E-state index in [1.807, 2.05) is 48.7 Å². The Balaban J connectivity index is 1.29. The van der Waals surface area contributed by atoms with Crippen LogP contribution in [0, 0.1) is 0 Å². The lowest BCUT2D eigenvalue weighted by molar-refractivity contribution is -0.153. The third-order valence-electron chi connectivity index (χ3n) is 6.01. The Kier molecular flexibility index (Phi) is 4.56. The van der Waals surface area contributed by atoms with Gasteiger partial charge in [0.2, 0.25) is 11.8 Å². The van der Waals surface area contributed by atoms with Crippen LogP contribution in [0.15, 0.2) is 60.8 Å². The van der Waals surface area contributed by atoms with Crippen molar-refractivity contribution in [3.8, 4) is 0 Å². The zero-order chi connectivity index (χ0) is 19.8. The van der Waals surface area contributed by atoms with E-state index >= 15 is 0 Å². The topological polar surface area (TPSA) is 68.4 Å². The number of hydrogen-bond acceptors (Lipinski definition) is 3. The predicted molar refractivity (Wildman–Crippen MR) is 111 cm³/mol. The van der Waals surface area contributed by atoms with Crippen molar-refractivity contribution < 1.29 is 9.59 Å². The smallest absolute Gasteiger partial charge is 0.246 e. The molecule has 148 valence electrons. The summed E-state index contributed by atoms with van der Waals surface area (Å²) in [5.74, 6) is -0.0218. The number of piperazine rings is 2. The minimum Gasteiger partial charge on any atom is -0.361 e. The van der Waals surface area contributed by atoms with Crippen LogP contribution >= 0.6 is 0 Å². The highest BCUT2D eigenvalue weighted by molar-refractivity contribution is 5.98. The van der Waals surface area contributed by atoms with Gasteiger partial charge in [-0.05, 0) is 17.2 Å². The van der Waals surface area contributed by atoms with Gasteiger partial charge in [-0.3, -0.25) is 14.5 Å². The lowest BCUT2D eigenvalue weighted by Gasteiger charge is -2.45. The maximum atomic E-state index is 13.1. The first kappa shape index (κ1) is 17.9. The van der Waals surface area contributed by atoms with Gasteiger partial charge >= 0.3 is 0 Å². The van der Waals surface area contributed by atoms with Crippen molar-refractivity contribution in [2.45, 2.75) is 25.0 Å². The van der Waals surface area contributed by atoms with E-state index in [1.54, 1.807) is 4.90 Å². The van der Waals surface area contributed by atoms with Crippen molar-refractivity contribution in [1.82, 2.24) is 20.1 Å². The summed E-state index contributed by atoms with van der Waals surface area (Å²) in [5.41, 5.74) is 3.32. The molecule has 0 aliphatic carbocycles. The monoisotopic (exact) mass is 388 g/mol. The number of amides is 2. The summed E-state index contributed by atoms with van der Waals surface area (Å²) < 4.78 is 0. The molecular formula is C23H24N4O2. The Labute approximate surface area is 169 Å². The Morgan fingerprint density at radius 3 is 2.62 bits per heavy atom. The molecule has 2 amide bonds. The minimum absolute atomic E-state index is 0.0271. The number of rotatable bonds is 4. The van der Waals surface area contributed by atoms with E-state index < -0.39 is 12.1 Å². The molecule has 0 bridgehead atoms. The molecule has 3 aromatic rings. The van der Waals surface area contributed by atoms with Crippen LogP contribution in [0.3, 0.4) is 0 Å². The van der Waals surface area contributed by atoms with E-state index in [0.29, 0.717) is 19.5 Å². The van der Waals surface area contributed by atoms with Crippen LogP contribution in [0.2, 0.25) is 0 Å². The summed E-state index contributed by atoms with van der Waals surface area (Å²) in [7, 11) is 0. The molecule has 6 nitrogen and oxygen atoms in total. The summed E-state index contributed by atoms with van der Waals surface area (Å²) in [6.07, 6.45) is 2.44. The minimum atomic E-state index is -0.501. The van der Waals surface area contributed by atoms with Crippen LogP contribution in [0.4, 0.5) is 0 Å². The normalized spacial score (nSPS) is 22.6. The molecule has 3 heterocycles. The maximum absolute atomic E-state index is 13.1. The number of aromatic nitrogens is 1.